The van der Waals surface area contributed by atoms with Crippen LogP contribution in [-0.2, 0) is 0 Å². The Balaban J connectivity index is 1.46. The van der Waals surface area contributed by atoms with Crippen molar-refractivity contribution in [1.29, 1.82) is 0 Å². The Morgan fingerprint density at radius 3 is 2.88 bits per heavy atom. The van der Waals surface area contributed by atoms with Gasteiger partial charge in [-0.1, -0.05) is 30.3 Å². The van der Waals surface area contributed by atoms with E-state index in [1.165, 1.54) is 38.0 Å². The Labute approximate surface area is 97.4 Å². The lowest BCUT2D eigenvalue weighted by molar-refractivity contribution is 0.507. The average Bonchev–Trinajstić information content (AvgIpc) is 2.93. The number of nitrogens with one attached hydrogen (secondary N) is 2. The molecule has 1 aromatic rings. The summed E-state index contributed by atoms with van der Waals surface area (Å²) < 4.78 is 0. The molecule has 1 saturated heterocycles. The lowest BCUT2D eigenvalue weighted by atomic mass is 10.1. The van der Waals surface area contributed by atoms with Gasteiger partial charge in [0.2, 0.25) is 0 Å². The summed E-state index contributed by atoms with van der Waals surface area (Å²) >= 11 is 0. The quantitative estimate of drug-likeness (QED) is 0.801. The van der Waals surface area contributed by atoms with Gasteiger partial charge >= 0.3 is 0 Å². The van der Waals surface area contributed by atoms with E-state index >= 15 is 0 Å². The van der Waals surface area contributed by atoms with E-state index in [1.54, 1.807) is 0 Å². The van der Waals surface area contributed by atoms with Crippen molar-refractivity contribution in [3.05, 3.63) is 35.9 Å². The Morgan fingerprint density at radius 1 is 1.25 bits per heavy atom. The van der Waals surface area contributed by atoms with Crippen molar-refractivity contribution in [1.82, 2.24) is 10.6 Å². The normalized spacial score (nSPS) is 32.9. The van der Waals surface area contributed by atoms with E-state index in [9.17, 15) is 0 Å². The minimum atomic E-state index is 0.739. The van der Waals surface area contributed by atoms with Gasteiger partial charge in [0.15, 0.2) is 0 Å². The molecule has 2 nitrogen and oxygen atoms in total. The zero-order chi connectivity index (χ0) is 10.8. The van der Waals surface area contributed by atoms with Crippen molar-refractivity contribution in [3.8, 4) is 0 Å². The van der Waals surface area contributed by atoms with Crippen molar-refractivity contribution in [2.45, 2.75) is 24.8 Å². The predicted molar refractivity (Wildman–Crippen MR) is 66.6 cm³/mol. The van der Waals surface area contributed by atoms with Gasteiger partial charge in [-0.15, -0.1) is 0 Å². The standard InChI is InChI=1S/C14H20N2/c1-2-4-12(5-3-1)13-8-14(13)16-10-11-6-7-15-9-11/h1-5,11,13-16H,6-10H2. The number of hydrogen-bond acceptors (Lipinski definition) is 2. The third-order valence-corrected chi connectivity index (χ3v) is 3.85. The van der Waals surface area contributed by atoms with Gasteiger partial charge in [0.25, 0.3) is 0 Å². The molecule has 3 atom stereocenters. The van der Waals surface area contributed by atoms with Crippen molar-refractivity contribution >= 4 is 0 Å². The second-order valence-electron chi connectivity index (χ2n) is 5.13. The topological polar surface area (TPSA) is 24.1 Å². The highest BCUT2D eigenvalue weighted by atomic mass is 15.0. The van der Waals surface area contributed by atoms with Gasteiger partial charge in [-0.3, -0.25) is 0 Å². The van der Waals surface area contributed by atoms with Crippen LogP contribution in [0, 0.1) is 5.92 Å². The predicted octanol–water partition coefficient (Wildman–Crippen LogP) is 1.74. The molecular weight excluding hydrogens is 196 g/mol. The Hall–Kier alpha value is -0.860. The third kappa shape index (κ3) is 2.28. The van der Waals surface area contributed by atoms with Crippen molar-refractivity contribution in [3.63, 3.8) is 0 Å². The van der Waals surface area contributed by atoms with Crippen LogP contribution in [0.25, 0.3) is 0 Å². The molecule has 3 rings (SSSR count). The summed E-state index contributed by atoms with van der Waals surface area (Å²) in [5.74, 6) is 1.63. The highest BCUT2D eigenvalue weighted by Gasteiger charge is 2.37. The number of benzene rings is 1. The fourth-order valence-electron chi connectivity index (χ4n) is 2.70. The first kappa shape index (κ1) is 10.3. The first-order valence-electron chi connectivity index (χ1n) is 6.42. The molecule has 2 fully saturated rings. The minimum absolute atomic E-state index is 0.739. The molecule has 1 aliphatic heterocycles. The van der Waals surface area contributed by atoms with E-state index in [2.05, 4.69) is 41.0 Å². The van der Waals surface area contributed by atoms with Crippen molar-refractivity contribution in [2.75, 3.05) is 19.6 Å². The second-order valence-corrected chi connectivity index (χ2v) is 5.13. The summed E-state index contributed by atoms with van der Waals surface area (Å²) in [4.78, 5) is 0. The van der Waals surface area contributed by atoms with Crippen LogP contribution in [0.5, 0.6) is 0 Å². The van der Waals surface area contributed by atoms with E-state index in [0.717, 1.165) is 17.9 Å². The molecule has 16 heavy (non-hydrogen) atoms. The van der Waals surface area contributed by atoms with Crippen LogP contribution in [0.15, 0.2) is 30.3 Å². The van der Waals surface area contributed by atoms with Crippen LogP contribution < -0.4 is 10.6 Å². The maximum Gasteiger partial charge on any atom is 0.0143 e. The monoisotopic (exact) mass is 216 g/mol. The Morgan fingerprint density at radius 2 is 2.12 bits per heavy atom. The van der Waals surface area contributed by atoms with E-state index < -0.39 is 0 Å². The highest BCUT2D eigenvalue weighted by molar-refractivity contribution is 5.27. The van der Waals surface area contributed by atoms with Gasteiger partial charge in [-0.2, -0.15) is 0 Å². The molecule has 2 aliphatic rings. The summed E-state index contributed by atoms with van der Waals surface area (Å²) in [6, 6.07) is 11.6. The fraction of sp³-hybridized carbons (Fsp3) is 0.571. The van der Waals surface area contributed by atoms with Crippen LogP contribution in [0.1, 0.15) is 24.3 Å². The van der Waals surface area contributed by atoms with Crippen LogP contribution in [0.4, 0.5) is 0 Å². The molecule has 0 bridgehead atoms. The van der Waals surface area contributed by atoms with Gasteiger partial charge < -0.3 is 10.6 Å². The third-order valence-electron chi connectivity index (χ3n) is 3.85. The highest BCUT2D eigenvalue weighted by Crippen LogP contribution is 2.40. The van der Waals surface area contributed by atoms with E-state index in [4.69, 9.17) is 0 Å². The molecule has 1 saturated carbocycles. The molecule has 86 valence electrons. The Kier molecular flexibility index (Phi) is 2.94. The molecule has 1 aromatic carbocycles. The van der Waals surface area contributed by atoms with E-state index in [-0.39, 0.29) is 0 Å². The molecule has 0 amide bonds. The molecule has 2 N–H and O–H groups in total. The van der Waals surface area contributed by atoms with Crippen molar-refractivity contribution in [2.24, 2.45) is 5.92 Å². The lowest BCUT2D eigenvalue weighted by Crippen LogP contribution is -2.26. The fourth-order valence-corrected chi connectivity index (χ4v) is 2.70. The van der Waals surface area contributed by atoms with Crippen LogP contribution >= 0.6 is 0 Å². The molecule has 0 aromatic heterocycles. The van der Waals surface area contributed by atoms with Crippen molar-refractivity contribution < 1.29 is 0 Å². The first-order valence-corrected chi connectivity index (χ1v) is 6.42. The van der Waals surface area contributed by atoms with Gasteiger partial charge in [-0.25, -0.2) is 0 Å². The SMILES string of the molecule is c1ccc(C2CC2NCC2CCNC2)cc1. The van der Waals surface area contributed by atoms with E-state index in [0.29, 0.717) is 0 Å². The minimum Gasteiger partial charge on any atom is -0.316 e. The second kappa shape index (κ2) is 4.56. The molecule has 0 spiro atoms. The molecule has 0 radical (unpaired) electrons. The summed E-state index contributed by atoms with van der Waals surface area (Å²) in [6.07, 6.45) is 2.67. The summed E-state index contributed by atoms with van der Waals surface area (Å²) in [6.45, 7) is 3.61. The maximum absolute atomic E-state index is 3.71. The zero-order valence-electron chi connectivity index (χ0n) is 9.65. The summed E-state index contributed by atoms with van der Waals surface area (Å²) in [5, 5.41) is 7.13. The maximum atomic E-state index is 3.71. The number of hydrogen-bond donors (Lipinski definition) is 2. The van der Waals surface area contributed by atoms with Gasteiger partial charge in [0.1, 0.15) is 0 Å². The zero-order valence-corrected chi connectivity index (χ0v) is 9.65. The molecule has 1 heterocycles. The Bertz CT molecular complexity index is 330. The molecule has 3 unspecified atom stereocenters. The average molecular weight is 216 g/mol. The van der Waals surface area contributed by atoms with Crippen LogP contribution in [-0.4, -0.2) is 25.7 Å². The molecular formula is C14H20N2. The summed E-state index contributed by atoms with van der Waals surface area (Å²) in [5.41, 5.74) is 1.50. The summed E-state index contributed by atoms with van der Waals surface area (Å²) in [7, 11) is 0. The van der Waals surface area contributed by atoms with Crippen LogP contribution in [0.2, 0.25) is 0 Å². The van der Waals surface area contributed by atoms with E-state index in [1.807, 2.05) is 0 Å². The largest absolute Gasteiger partial charge is 0.316 e. The van der Waals surface area contributed by atoms with Gasteiger partial charge in [-0.05, 0) is 44.0 Å². The van der Waals surface area contributed by atoms with Crippen LogP contribution in [0.3, 0.4) is 0 Å². The lowest BCUT2D eigenvalue weighted by Gasteiger charge is -2.09. The molecule has 1 aliphatic carbocycles. The number of rotatable bonds is 4. The smallest absolute Gasteiger partial charge is 0.0143 e. The van der Waals surface area contributed by atoms with Gasteiger partial charge in [0.05, 0.1) is 0 Å². The van der Waals surface area contributed by atoms with Gasteiger partial charge in [0, 0.05) is 12.0 Å². The molecule has 2 heteroatoms. The first-order chi connectivity index (χ1) is 7.93.